The lowest BCUT2D eigenvalue weighted by Crippen LogP contribution is -2.25. The number of nitrogens with one attached hydrogen (secondary N) is 1. The van der Waals surface area contributed by atoms with Crippen molar-refractivity contribution in [3.05, 3.63) is 0 Å². The lowest BCUT2D eigenvalue weighted by Gasteiger charge is -2.10. The molecule has 1 heterocycles. The molecule has 0 aromatic carbocycles. The van der Waals surface area contributed by atoms with Crippen molar-refractivity contribution < 1.29 is 14.3 Å². The van der Waals surface area contributed by atoms with Crippen LogP contribution in [0, 0.1) is 11.8 Å². The summed E-state index contributed by atoms with van der Waals surface area (Å²) < 4.78 is 10.9. The van der Waals surface area contributed by atoms with Crippen LogP contribution in [0.2, 0.25) is 0 Å². The molecular weight excluding hydrogens is 290 g/mol. The molecule has 1 saturated heterocycles. The molecule has 0 spiro atoms. The van der Waals surface area contributed by atoms with E-state index in [0.29, 0.717) is 32.0 Å². The van der Waals surface area contributed by atoms with Crippen molar-refractivity contribution in [1.29, 1.82) is 0 Å². The van der Waals surface area contributed by atoms with Crippen molar-refractivity contribution in [2.45, 2.75) is 46.1 Å². The Morgan fingerprint density at radius 1 is 1.62 bits per heavy atom. The number of esters is 1. The van der Waals surface area contributed by atoms with Crippen molar-refractivity contribution in [1.82, 2.24) is 5.43 Å². The fraction of sp³-hybridized carbons (Fsp3) is 0.786. The van der Waals surface area contributed by atoms with Crippen LogP contribution in [0.25, 0.3) is 0 Å². The number of carbonyl (C=O) groups is 1. The van der Waals surface area contributed by atoms with Gasteiger partial charge in [-0.25, -0.2) is 0 Å². The first kappa shape index (κ1) is 17.8. The highest BCUT2D eigenvalue weighted by Gasteiger charge is 2.34. The van der Waals surface area contributed by atoms with Gasteiger partial charge >= 0.3 is 5.97 Å². The van der Waals surface area contributed by atoms with Crippen molar-refractivity contribution in [2.24, 2.45) is 22.7 Å². The van der Waals surface area contributed by atoms with Crippen LogP contribution < -0.4 is 11.2 Å². The van der Waals surface area contributed by atoms with E-state index in [4.69, 9.17) is 15.2 Å². The largest absolute Gasteiger partial charge is 0.460 e. The fourth-order valence-corrected chi connectivity index (χ4v) is 2.12. The highest BCUT2D eigenvalue weighted by molar-refractivity contribution is 7.80. The zero-order valence-corrected chi connectivity index (χ0v) is 13.7. The van der Waals surface area contributed by atoms with E-state index in [1.165, 1.54) is 0 Å². The molecule has 0 radical (unpaired) electrons. The minimum atomic E-state index is -0.183. The molecule has 3 N–H and O–H groups in total. The molecule has 21 heavy (non-hydrogen) atoms. The number of nitrogens with two attached hydrogens (primary N) is 1. The van der Waals surface area contributed by atoms with Crippen LogP contribution in [0.1, 0.15) is 40.0 Å². The molecule has 1 aliphatic rings. The summed E-state index contributed by atoms with van der Waals surface area (Å²) >= 11 is 4.67. The van der Waals surface area contributed by atoms with Crippen LogP contribution in [0.4, 0.5) is 0 Å². The second-order valence-electron chi connectivity index (χ2n) is 5.78. The second kappa shape index (κ2) is 8.94. The van der Waals surface area contributed by atoms with Crippen molar-refractivity contribution in [3.63, 3.8) is 0 Å². The summed E-state index contributed by atoms with van der Waals surface area (Å²) in [5.74, 6) is 0.266. The maximum absolute atomic E-state index is 11.8. The molecule has 0 bridgehead atoms. The number of thiocarbonyl (C=S) groups is 1. The summed E-state index contributed by atoms with van der Waals surface area (Å²) in [5, 5.41) is 4.11. The zero-order valence-electron chi connectivity index (χ0n) is 12.9. The Balaban J connectivity index is 2.30. The van der Waals surface area contributed by atoms with Gasteiger partial charge in [0, 0.05) is 25.2 Å². The summed E-state index contributed by atoms with van der Waals surface area (Å²) in [6.07, 6.45) is 2.07. The minimum absolute atomic E-state index is 0.111. The topological polar surface area (TPSA) is 85.9 Å². The van der Waals surface area contributed by atoms with Crippen LogP contribution in [-0.4, -0.2) is 36.1 Å². The summed E-state index contributed by atoms with van der Waals surface area (Å²) in [4.78, 5) is 11.8. The van der Waals surface area contributed by atoms with Gasteiger partial charge in [0.15, 0.2) is 5.11 Å². The van der Waals surface area contributed by atoms with E-state index >= 15 is 0 Å². The standard InChI is InChI=1S/C14H25N3O3S/c1-9(2)4-5-19-8-12-7-11(13(18)20-12)6-10(3)16-17-14(15)21/h9,11-12H,4-8H2,1-3H3,(H3,15,17,21)/b16-10-/t11-,12+/m1/s1. The van der Waals surface area contributed by atoms with E-state index < -0.39 is 0 Å². The van der Waals surface area contributed by atoms with Gasteiger partial charge in [-0.1, -0.05) is 13.8 Å². The third-order valence-corrected chi connectivity index (χ3v) is 3.30. The number of cyclic esters (lactones) is 1. The summed E-state index contributed by atoms with van der Waals surface area (Å²) in [6, 6.07) is 0. The van der Waals surface area contributed by atoms with Crippen molar-refractivity contribution >= 4 is 29.0 Å². The smallest absolute Gasteiger partial charge is 0.309 e. The molecule has 0 saturated carbocycles. The Hall–Kier alpha value is -1.21. The van der Waals surface area contributed by atoms with Gasteiger partial charge in [0.1, 0.15) is 6.10 Å². The Morgan fingerprint density at radius 2 is 2.33 bits per heavy atom. The van der Waals surface area contributed by atoms with Crippen LogP contribution in [0.15, 0.2) is 5.10 Å². The maximum Gasteiger partial charge on any atom is 0.309 e. The normalized spacial score (nSPS) is 22.5. The van der Waals surface area contributed by atoms with Crippen LogP contribution in [0.5, 0.6) is 0 Å². The van der Waals surface area contributed by atoms with Crippen LogP contribution in [-0.2, 0) is 14.3 Å². The number of rotatable bonds is 8. The highest BCUT2D eigenvalue weighted by atomic mass is 32.1. The molecule has 1 fully saturated rings. The van der Waals surface area contributed by atoms with Crippen LogP contribution in [0.3, 0.4) is 0 Å². The Labute approximate surface area is 131 Å². The lowest BCUT2D eigenvalue weighted by atomic mass is 9.99. The number of nitrogens with zero attached hydrogens (tertiary/aromatic N) is 1. The Morgan fingerprint density at radius 3 is 2.95 bits per heavy atom. The molecular formula is C14H25N3O3S. The predicted molar refractivity (Wildman–Crippen MR) is 85.9 cm³/mol. The average Bonchev–Trinajstić information content (AvgIpc) is 2.73. The van der Waals surface area contributed by atoms with Crippen LogP contribution >= 0.6 is 12.2 Å². The number of hydrogen-bond donors (Lipinski definition) is 2. The monoisotopic (exact) mass is 315 g/mol. The number of carbonyl (C=O) groups excluding carboxylic acids is 1. The van der Waals surface area contributed by atoms with E-state index in [1.807, 2.05) is 6.92 Å². The second-order valence-corrected chi connectivity index (χ2v) is 6.22. The van der Waals surface area contributed by atoms with Crippen molar-refractivity contribution in [3.8, 4) is 0 Å². The molecule has 0 unspecified atom stereocenters. The van der Waals surface area contributed by atoms with E-state index in [2.05, 4.69) is 36.6 Å². The van der Waals surface area contributed by atoms with E-state index in [1.54, 1.807) is 0 Å². The SMILES string of the molecule is C/C(C[C@@H]1C[C@@H](COCCC(C)C)OC1=O)=N/NC(N)=S. The van der Waals surface area contributed by atoms with Gasteiger partial charge in [0.2, 0.25) is 0 Å². The first-order valence-corrected chi connectivity index (χ1v) is 7.66. The molecule has 7 heteroatoms. The lowest BCUT2D eigenvalue weighted by molar-refractivity contribution is -0.146. The molecule has 2 atom stereocenters. The molecule has 0 aromatic heterocycles. The summed E-state index contributed by atoms with van der Waals surface area (Å²) in [5.41, 5.74) is 8.58. The van der Waals surface area contributed by atoms with Gasteiger partial charge in [-0.15, -0.1) is 0 Å². The molecule has 0 aliphatic carbocycles. The minimum Gasteiger partial charge on any atom is -0.460 e. The number of hydrazone groups is 1. The van der Waals surface area contributed by atoms with E-state index in [0.717, 1.165) is 12.1 Å². The first-order chi connectivity index (χ1) is 9.88. The molecule has 1 aliphatic heterocycles. The third kappa shape index (κ3) is 7.38. The van der Waals surface area contributed by atoms with E-state index in [-0.39, 0.29) is 23.1 Å². The fourth-order valence-electron chi connectivity index (χ4n) is 2.08. The molecule has 0 amide bonds. The van der Waals surface area contributed by atoms with Gasteiger partial charge < -0.3 is 15.2 Å². The molecule has 0 aromatic rings. The van der Waals surface area contributed by atoms with Gasteiger partial charge in [-0.05, 0) is 31.5 Å². The van der Waals surface area contributed by atoms with Gasteiger partial charge in [-0.3, -0.25) is 10.2 Å². The highest BCUT2D eigenvalue weighted by Crippen LogP contribution is 2.24. The zero-order chi connectivity index (χ0) is 15.8. The quantitative estimate of drug-likeness (QED) is 0.232. The van der Waals surface area contributed by atoms with Gasteiger partial charge in [0.05, 0.1) is 12.5 Å². The van der Waals surface area contributed by atoms with E-state index in [9.17, 15) is 4.79 Å². The molecule has 120 valence electrons. The average molecular weight is 315 g/mol. The third-order valence-electron chi connectivity index (χ3n) is 3.21. The first-order valence-electron chi connectivity index (χ1n) is 7.25. The summed E-state index contributed by atoms with van der Waals surface area (Å²) in [6.45, 7) is 7.30. The van der Waals surface area contributed by atoms with Gasteiger partial charge in [0.25, 0.3) is 0 Å². The predicted octanol–water partition coefficient (Wildman–Crippen LogP) is 1.58. The number of hydrogen-bond acceptors (Lipinski definition) is 5. The number of ether oxygens (including phenoxy) is 2. The van der Waals surface area contributed by atoms with Crippen molar-refractivity contribution in [2.75, 3.05) is 13.2 Å². The Bertz CT molecular complexity index is 399. The summed E-state index contributed by atoms with van der Waals surface area (Å²) in [7, 11) is 0. The molecule has 1 rings (SSSR count). The molecule has 6 nitrogen and oxygen atoms in total. The van der Waals surface area contributed by atoms with Gasteiger partial charge in [-0.2, -0.15) is 5.10 Å². The maximum atomic E-state index is 11.8. The Kier molecular flexibility index (Phi) is 7.60.